The van der Waals surface area contributed by atoms with Crippen molar-refractivity contribution in [3.63, 3.8) is 0 Å². The summed E-state index contributed by atoms with van der Waals surface area (Å²) in [7, 11) is 26.2. The van der Waals surface area contributed by atoms with Crippen LogP contribution in [0.5, 0.6) is 11.5 Å². The van der Waals surface area contributed by atoms with Gasteiger partial charge < -0.3 is 9.47 Å². The SMILES string of the molecule is [B]c1cc(C(C)(C)c2cc([B])c(OC(C)(C)C)c([B])c2)cc([B])c1OC. The van der Waals surface area contributed by atoms with Crippen LogP contribution in [0.25, 0.3) is 0 Å². The zero-order valence-electron chi connectivity index (χ0n) is 16.4. The van der Waals surface area contributed by atoms with Crippen molar-refractivity contribution in [1.29, 1.82) is 0 Å². The molecular formula is C20H22B4O2. The van der Waals surface area contributed by atoms with Gasteiger partial charge in [0.25, 0.3) is 0 Å². The number of hydrogen-bond donors (Lipinski definition) is 0. The summed E-state index contributed by atoms with van der Waals surface area (Å²) in [5.74, 6) is 0.989. The molecule has 0 saturated heterocycles. The van der Waals surface area contributed by atoms with E-state index in [1.807, 2.05) is 45.0 Å². The van der Waals surface area contributed by atoms with E-state index in [9.17, 15) is 0 Å². The molecule has 0 unspecified atom stereocenters. The minimum atomic E-state index is -0.420. The Labute approximate surface area is 162 Å². The summed E-state index contributed by atoms with van der Waals surface area (Å²) in [6.45, 7) is 9.98. The van der Waals surface area contributed by atoms with Gasteiger partial charge >= 0.3 is 0 Å². The van der Waals surface area contributed by atoms with E-state index >= 15 is 0 Å². The van der Waals surface area contributed by atoms with E-state index in [1.54, 1.807) is 7.11 Å². The van der Waals surface area contributed by atoms with Crippen LogP contribution in [0.3, 0.4) is 0 Å². The van der Waals surface area contributed by atoms with E-state index in [1.165, 1.54) is 0 Å². The maximum atomic E-state index is 6.24. The summed E-state index contributed by atoms with van der Waals surface area (Å²) in [5.41, 5.74) is 3.05. The monoisotopic (exact) mass is 338 g/mol. The third-order valence-corrected chi connectivity index (χ3v) is 4.35. The number of benzene rings is 2. The van der Waals surface area contributed by atoms with Crippen LogP contribution in [0.15, 0.2) is 24.3 Å². The largest absolute Gasteiger partial charge is 0.498 e. The van der Waals surface area contributed by atoms with Crippen LogP contribution >= 0.6 is 0 Å². The highest BCUT2D eigenvalue weighted by Gasteiger charge is 2.26. The molecule has 126 valence electrons. The fourth-order valence-electron chi connectivity index (χ4n) is 2.90. The fraction of sp³-hybridized carbons (Fsp3) is 0.400. The first-order valence-electron chi connectivity index (χ1n) is 8.48. The lowest BCUT2D eigenvalue weighted by Crippen LogP contribution is -2.33. The fourth-order valence-corrected chi connectivity index (χ4v) is 2.90. The molecular weight excluding hydrogens is 315 g/mol. The number of rotatable bonds is 4. The van der Waals surface area contributed by atoms with Crippen LogP contribution in [0.2, 0.25) is 0 Å². The molecule has 0 saturated carbocycles. The van der Waals surface area contributed by atoms with Gasteiger partial charge in [-0.2, -0.15) is 0 Å². The molecule has 0 spiro atoms. The van der Waals surface area contributed by atoms with Gasteiger partial charge in [-0.25, -0.2) is 0 Å². The summed E-state index contributed by atoms with van der Waals surface area (Å²) < 4.78 is 11.1. The van der Waals surface area contributed by atoms with Gasteiger partial charge in [-0.05, 0) is 31.9 Å². The van der Waals surface area contributed by atoms with Gasteiger partial charge in [-0.15, -0.1) is 0 Å². The molecule has 8 radical (unpaired) electrons. The Morgan fingerprint density at radius 1 is 0.654 bits per heavy atom. The summed E-state index contributed by atoms with van der Waals surface area (Å²) in [5, 5.41) is 0. The van der Waals surface area contributed by atoms with E-state index in [-0.39, 0.29) is 0 Å². The molecule has 2 nitrogen and oxygen atoms in total. The van der Waals surface area contributed by atoms with Crippen LogP contribution in [0.4, 0.5) is 0 Å². The third kappa shape index (κ3) is 4.16. The second kappa shape index (κ2) is 7.13. The summed E-state index contributed by atoms with van der Waals surface area (Å²) >= 11 is 0. The molecule has 2 aromatic carbocycles. The van der Waals surface area contributed by atoms with Gasteiger partial charge in [0.05, 0.1) is 7.11 Å². The molecule has 0 heterocycles. The highest BCUT2D eigenvalue weighted by Crippen LogP contribution is 2.31. The van der Waals surface area contributed by atoms with Crippen molar-refractivity contribution in [1.82, 2.24) is 0 Å². The second-order valence-corrected chi connectivity index (χ2v) is 8.01. The normalized spacial score (nSPS) is 12.1. The highest BCUT2D eigenvalue weighted by atomic mass is 16.5. The Morgan fingerprint density at radius 3 is 1.31 bits per heavy atom. The Kier molecular flexibility index (Phi) is 5.66. The minimum absolute atomic E-state index is 0.391. The Hall–Kier alpha value is -1.70. The van der Waals surface area contributed by atoms with Gasteiger partial charge in [-0.1, -0.05) is 60.0 Å². The molecule has 6 heteroatoms. The topological polar surface area (TPSA) is 18.5 Å². The maximum absolute atomic E-state index is 6.24. The number of hydrogen-bond acceptors (Lipinski definition) is 2. The van der Waals surface area contributed by atoms with E-state index in [0.717, 1.165) is 11.1 Å². The van der Waals surface area contributed by atoms with Crippen molar-refractivity contribution >= 4 is 53.2 Å². The van der Waals surface area contributed by atoms with Gasteiger partial charge in [-0.3, -0.25) is 0 Å². The molecule has 0 aliphatic carbocycles. The second-order valence-electron chi connectivity index (χ2n) is 8.01. The molecule has 0 N–H and O–H groups in total. The standard InChI is InChI=1S/C20H22B4O2/c1-19(2,3)26-18-15(23)9-12(10-16(18)24)20(4,5)11-7-13(21)17(25-6)14(22)8-11/h7-10H,1-6H3. The Morgan fingerprint density at radius 2 is 1.00 bits per heavy atom. The molecule has 0 aliphatic heterocycles. The van der Waals surface area contributed by atoms with E-state index in [2.05, 4.69) is 13.8 Å². The third-order valence-electron chi connectivity index (χ3n) is 4.35. The van der Waals surface area contributed by atoms with Crippen molar-refractivity contribution < 1.29 is 9.47 Å². The average Bonchev–Trinajstić information content (AvgIpc) is 2.49. The zero-order chi connectivity index (χ0) is 19.9. The highest BCUT2D eigenvalue weighted by molar-refractivity contribution is 6.42. The Balaban J connectivity index is 2.53. The van der Waals surface area contributed by atoms with Crippen LogP contribution in [0.1, 0.15) is 45.7 Å². The van der Waals surface area contributed by atoms with Gasteiger partial charge in [0.2, 0.25) is 0 Å². The molecule has 0 amide bonds. The van der Waals surface area contributed by atoms with E-state index in [0.29, 0.717) is 33.4 Å². The summed E-state index contributed by atoms with van der Waals surface area (Å²) in [4.78, 5) is 0. The lowest BCUT2D eigenvalue weighted by atomic mass is 9.71. The molecule has 0 atom stereocenters. The number of ether oxygens (including phenoxy) is 2. The Bertz CT molecular complexity index is 777. The molecule has 2 rings (SSSR count). The summed E-state index contributed by atoms with van der Waals surface area (Å²) in [6.07, 6.45) is 0. The molecule has 0 aromatic heterocycles. The average molecular weight is 338 g/mol. The molecule has 2 aromatic rings. The zero-order valence-corrected chi connectivity index (χ0v) is 16.4. The van der Waals surface area contributed by atoms with E-state index in [4.69, 9.17) is 40.9 Å². The van der Waals surface area contributed by atoms with Crippen LogP contribution < -0.4 is 31.3 Å². The summed E-state index contributed by atoms with van der Waals surface area (Å²) in [6, 6.07) is 7.49. The molecule has 26 heavy (non-hydrogen) atoms. The van der Waals surface area contributed by atoms with Gasteiger partial charge in [0, 0.05) is 5.41 Å². The lowest BCUT2D eigenvalue weighted by molar-refractivity contribution is 0.134. The quantitative estimate of drug-likeness (QED) is 0.751. The van der Waals surface area contributed by atoms with E-state index < -0.39 is 11.0 Å². The van der Waals surface area contributed by atoms with Crippen molar-refractivity contribution in [3.05, 3.63) is 35.4 Å². The first kappa shape index (κ1) is 20.6. The minimum Gasteiger partial charge on any atom is -0.498 e. The van der Waals surface area contributed by atoms with Crippen molar-refractivity contribution in [2.24, 2.45) is 0 Å². The smallest absolute Gasteiger partial charge is 0.118 e. The van der Waals surface area contributed by atoms with Gasteiger partial charge in [0.1, 0.15) is 48.5 Å². The van der Waals surface area contributed by atoms with Crippen molar-refractivity contribution in [2.75, 3.05) is 7.11 Å². The number of methoxy groups -OCH3 is 1. The first-order chi connectivity index (χ1) is 11.9. The van der Waals surface area contributed by atoms with Crippen LogP contribution in [-0.4, -0.2) is 44.1 Å². The lowest BCUT2D eigenvalue weighted by Gasteiger charge is -2.31. The van der Waals surface area contributed by atoms with Crippen molar-refractivity contribution in [2.45, 2.75) is 45.6 Å². The predicted octanol–water partition coefficient (Wildman–Crippen LogP) is 0.374. The van der Waals surface area contributed by atoms with Crippen LogP contribution in [0, 0.1) is 0 Å². The van der Waals surface area contributed by atoms with Crippen LogP contribution in [-0.2, 0) is 5.41 Å². The maximum Gasteiger partial charge on any atom is 0.118 e. The molecule has 0 fully saturated rings. The molecule has 0 bridgehead atoms. The van der Waals surface area contributed by atoms with Crippen molar-refractivity contribution in [3.8, 4) is 11.5 Å². The molecule has 0 aliphatic rings. The first-order valence-corrected chi connectivity index (χ1v) is 8.48. The predicted molar refractivity (Wildman–Crippen MR) is 113 cm³/mol. The van der Waals surface area contributed by atoms with Gasteiger partial charge in [0.15, 0.2) is 0 Å².